The van der Waals surface area contributed by atoms with Crippen LogP contribution in [-0.2, 0) is 9.59 Å². The van der Waals surface area contributed by atoms with Crippen LogP contribution >= 0.6 is 0 Å². The van der Waals surface area contributed by atoms with Crippen molar-refractivity contribution in [3.05, 3.63) is 23.8 Å². The number of aliphatic hydroxyl groups is 2. The fraction of sp³-hybridized carbons (Fsp3) is 0.818. The molecule has 4 N–H and O–H groups in total. The SMILES string of the molecule is O=C(N[C@H]1CCC[C@H]1NC(=O)C(F)=CCCCCCCCCCCCO)C(F)=CCCCCCCCCCCCO. The Morgan fingerprint density at radius 2 is 0.829 bits per heavy atom. The molecule has 0 bridgehead atoms. The van der Waals surface area contributed by atoms with E-state index in [4.69, 9.17) is 10.2 Å². The van der Waals surface area contributed by atoms with Crippen LogP contribution in [0.1, 0.15) is 148 Å². The third-order valence-electron chi connectivity index (χ3n) is 7.95. The van der Waals surface area contributed by atoms with Gasteiger partial charge in [-0.05, 0) is 69.9 Å². The largest absolute Gasteiger partial charge is 0.396 e. The highest BCUT2D eigenvalue weighted by Gasteiger charge is 2.31. The lowest BCUT2D eigenvalue weighted by molar-refractivity contribution is -0.122. The van der Waals surface area contributed by atoms with Crippen molar-refractivity contribution in [3.8, 4) is 0 Å². The van der Waals surface area contributed by atoms with E-state index in [0.29, 0.717) is 25.7 Å². The topological polar surface area (TPSA) is 98.7 Å². The molecule has 2 amide bonds. The van der Waals surface area contributed by atoms with Crippen molar-refractivity contribution in [3.63, 3.8) is 0 Å². The summed E-state index contributed by atoms with van der Waals surface area (Å²) in [4.78, 5) is 24.7. The van der Waals surface area contributed by atoms with Gasteiger partial charge in [-0.2, -0.15) is 0 Å². The maximum atomic E-state index is 14.3. The molecule has 2 atom stereocenters. The van der Waals surface area contributed by atoms with Gasteiger partial charge in [0.2, 0.25) is 0 Å². The minimum Gasteiger partial charge on any atom is -0.396 e. The first-order valence-corrected chi connectivity index (χ1v) is 16.5. The Bertz CT molecular complexity index is 685. The minimum absolute atomic E-state index is 0.271. The van der Waals surface area contributed by atoms with E-state index in [1.807, 2.05) is 0 Å². The van der Waals surface area contributed by atoms with Crippen molar-refractivity contribution < 1.29 is 28.6 Å². The number of rotatable bonds is 26. The molecule has 1 aliphatic carbocycles. The van der Waals surface area contributed by atoms with Crippen LogP contribution in [0.5, 0.6) is 0 Å². The van der Waals surface area contributed by atoms with Gasteiger partial charge in [0, 0.05) is 25.3 Å². The third-order valence-corrected chi connectivity index (χ3v) is 7.95. The van der Waals surface area contributed by atoms with E-state index >= 15 is 0 Å². The Kier molecular flexibility index (Phi) is 23.5. The van der Waals surface area contributed by atoms with E-state index in [2.05, 4.69) is 10.6 Å². The zero-order valence-corrected chi connectivity index (χ0v) is 25.5. The molecule has 41 heavy (non-hydrogen) atoms. The van der Waals surface area contributed by atoms with Gasteiger partial charge in [0.15, 0.2) is 11.7 Å². The Hall–Kier alpha value is -1.80. The molecule has 0 aliphatic heterocycles. The molecule has 0 saturated heterocycles. The maximum Gasteiger partial charge on any atom is 0.279 e. The van der Waals surface area contributed by atoms with E-state index in [-0.39, 0.29) is 13.2 Å². The summed E-state index contributed by atoms with van der Waals surface area (Å²) < 4.78 is 28.7. The second kappa shape index (κ2) is 25.9. The molecule has 1 rings (SSSR count). The second-order valence-electron chi connectivity index (χ2n) is 11.6. The summed E-state index contributed by atoms with van der Waals surface area (Å²) in [5, 5.41) is 22.9. The summed E-state index contributed by atoms with van der Waals surface area (Å²) in [6.07, 6.45) is 24.9. The number of aliphatic hydroxyl groups excluding tert-OH is 2. The number of allylic oxidation sites excluding steroid dienone is 2. The number of carbonyl (C=O) groups excluding carboxylic acids is 2. The Balaban J connectivity index is 2.19. The van der Waals surface area contributed by atoms with Gasteiger partial charge in [-0.1, -0.05) is 89.9 Å². The van der Waals surface area contributed by atoms with E-state index in [1.165, 1.54) is 37.8 Å². The monoisotopic (exact) mass is 584 g/mol. The van der Waals surface area contributed by atoms with Crippen molar-refractivity contribution in [2.24, 2.45) is 0 Å². The number of unbranched alkanes of at least 4 members (excludes halogenated alkanes) is 18. The fourth-order valence-electron chi connectivity index (χ4n) is 5.41. The summed E-state index contributed by atoms with van der Waals surface area (Å²) in [5.41, 5.74) is 0. The maximum absolute atomic E-state index is 14.3. The van der Waals surface area contributed by atoms with Crippen LogP contribution in [0, 0.1) is 0 Å². The summed E-state index contributed by atoms with van der Waals surface area (Å²) in [7, 11) is 0. The van der Waals surface area contributed by atoms with Crippen LogP contribution in [0.3, 0.4) is 0 Å². The molecule has 0 spiro atoms. The molecule has 238 valence electrons. The van der Waals surface area contributed by atoms with Crippen molar-refractivity contribution in [1.29, 1.82) is 0 Å². The predicted octanol–water partition coefficient (Wildman–Crippen LogP) is 7.63. The van der Waals surface area contributed by atoms with Crippen LogP contribution in [0.4, 0.5) is 8.78 Å². The summed E-state index contributed by atoms with van der Waals surface area (Å²) in [6, 6.07) is -0.807. The third kappa shape index (κ3) is 19.9. The van der Waals surface area contributed by atoms with Gasteiger partial charge in [0.05, 0.1) is 0 Å². The number of amides is 2. The van der Waals surface area contributed by atoms with Gasteiger partial charge >= 0.3 is 0 Å². The molecule has 0 aromatic rings. The highest BCUT2D eigenvalue weighted by atomic mass is 19.1. The molecular weight excluding hydrogens is 526 g/mol. The average molecular weight is 585 g/mol. The molecular formula is C33H58F2N2O4. The van der Waals surface area contributed by atoms with Gasteiger partial charge in [0.1, 0.15) is 0 Å². The minimum atomic E-state index is -0.793. The quantitative estimate of drug-likeness (QED) is 0.0620. The van der Waals surface area contributed by atoms with Crippen molar-refractivity contribution in [1.82, 2.24) is 10.6 Å². The fourth-order valence-corrected chi connectivity index (χ4v) is 5.41. The summed E-state index contributed by atoms with van der Waals surface area (Å²) in [6.45, 7) is 0.542. The molecule has 6 nitrogen and oxygen atoms in total. The first-order chi connectivity index (χ1) is 20.0. The van der Waals surface area contributed by atoms with Crippen LogP contribution in [-0.4, -0.2) is 47.3 Å². The Morgan fingerprint density at radius 1 is 0.537 bits per heavy atom. The van der Waals surface area contributed by atoms with Crippen LogP contribution in [0.25, 0.3) is 0 Å². The molecule has 1 fully saturated rings. The molecule has 1 aliphatic rings. The van der Waals surface area contributed by atoms with E-state index in [0.717, 1.165) is 96.3 Å². The molecule has 0 radical (unpaired) electrons. The van der Waals surface area contributed by atoms with Crippen LogP contribution in [0.15, 0.2) is 23.8 Å². The van der Waals surface area contributed by atoms with Crippen molar-refractivity contribution >= 4 is 11.8 Å². The lowest BCUT2D eigenvalue weighted by Crippen LogP contribution is -2.48. The molecule has 8 heteroatoms. The molecule has 0 unspecified atom stereocenters. The first kappa shape index (κ1) is 37.2. The Labute approximate surface area is 247 Å². The van der Waals surface area contributed by atoms with Gasteiger partial charge in [0.25, 0.3) is 11.8 Å². The molecule has 0 heterocycles. The molecule has 0 aromatic carbocycles. The van der Waals surface area contributed by atoms with Gasteiger partial charge in [-0.3, -0.25) is 9.59 Å². The first-order valence-electron chi connectivity index (χ1n) is 16.5. The van der Waals surface area contributed by atoms with E-state index in [1.54, 1.807) is 0 Å². The smallest absolute Gasteiger partial charge is 0.279 e. The lowest BCUT2D eigenvalue weighted by Gasteiger charge is -2.21. The number of carbonyl (C=O) groups is 2. The van der Waals surface area contributed by atoms with Gasteiger partial charge < -0.3 is 20.8 Å². The summed E-state index contributed by atoms with van der Waals surface area (Å²) >= 11 is 0. The van der Waals surface area contributed by atoms with Crippen LogP contribution in [0.2, 0.25) is 0 Å². The van der Waals surface area contributed by atoms with E-state index in [9.17, 15) is 18.4 Å². The Morgan fingerprint density at radius 3 is 1.15 bits per heavy atom. The number of nitrogens with one attached hydrogen (secondary N) is 2. The molecule has 1 saturated carbocycles. The van der Waals surface area contributed by atoms with Gasteiger partial charge in [-0.25, -0.2) is 8.78 Å². The molecule has 0 aromatic heterocycles. The normalized spacial score (nSPS) is 17.7. The van der Waals surface area contributed by atoms with Crippen molar-refractivity contribution in [2.75, 3.05) is 13.2 Å². The average Bonchev–Trinajstić information content (AvgIpc) is 3.40. The summed E-state index contributed by atoms with van der Waals surface area (Å²) in [5.74, 6) is -3.11. The highest BCUT2D eigenvalue weighted by Crippen LogP contribution is 2.21. The zero-order valence-electron chi connectivity index (χ0n) is 25.5. The van der Waals surface area contributed by atoms with Gasteiger partial charge in [-0.15, -0.1) is 0 Å². The van der Waals surface area contributed by atoms with E-state index < -0.39 is 35.6 Å². The number of hydrogen-bond acceptors (Lipinski definition) is 4. The predicted molar refractivity (Wildman–Crippen MR) is 163 cm³/mol. The number of halogens is 2. The second-order valence-corrected chi connectivity index (χ2v) is 11.6. The van der Waals surface area contributed by atoms with Crippen LogP contribution < -0.4 is 10.6 Å². The number of hydrogen-bond donors (Lipinski definition) is 4. The zero-order chi connectivity index (χ0) is 30.0. The van der Waals surface area contributed by atoms with Crippen molar-refractivity contribution in [2.45, 2.75) is 160 Å². The highest BCUT2D eigenvalue weighted by molar-refractivity contribution is 5.92. The lowest BCUT2D eigenvalue weighted by atomic mass is 10.1. The standard InChI is InChI=1S/C33H58F2N2O4/c34-28(22-17-13-9-5-1-3-7-11-15-19-26-38)32(40)36-30-24-21-25-31(30)37-33(41)29(35)23-18-14-10-6-2-4-8-12-16-20-27-39/h22-23,30-31,38-39H,1-21,24-27H2,(H,36,40)(H,37,41)/t30-,31+.